The van der Waals surface area contributed by atoms with Crippen molar-refractivity contribution in [3.63, 3.8) is 0 Å². The van der Waals surface area contributed by atoms with Crippen molar-refractivity contribution in [1.29, 1.82) is 0 Å². The second-order valence-electron chi connectivity index (χ2n) is 6.43. The van der Waals surface area contributed by atoms with Gasteiger partial charge in [-0.15, -0.1) is 0 Å². The monoisotopic (exact) mass is 301 g/mol. The molecule has 0 saturated carbocycles. The van der Waals surface area contributed by atoms with Crippen molar-refractivity contribution >= 4 is 11.4 Å². The van der Waals surface area contributed by atoms with E-state index in [2.05, 4.69) is 61.6 Å². The number of anilines is 2. The van der Waals surface area contributed by atoms with E-state index < -0.39 is 0 Å². The largest absolute Gasteiger partial charge is 0.457 e. The van der Waals surface area contributed by atoms with Gasteiger partial charge in [-0.25, -0.2) is 0 Å². The molecule has 0 amide bonds. The van der Waals surface area contributed by atoms with E-state index in [4.69, 9.17) is 4.74 Å². The summed E-state index contributed by atoms with van der Waals surface area (Å²) in [5.74, 6) is 1.87. The fourth-order valence-electron chi connectivity index (χ4n) is 3.22. The maximum absolute atomic E-state index is 6.15. The minimum Gasteiger partial charge on any atom is -0.457 e. The lowest BCUT2D eigenvalue weighted by Gasteiger charge is -2.34. The second kappa shape index (κ2) is 5.17. The van der Waals surface area contributed by atoms with Crippen molar-refractivity contribution in [1.82, 2.24) is 0 Å². The van der Waals surface area contributed by atoms with Crippen LogP contribution in [0.25, 0.3) is 0 Å². The Labute approximate surface area is 136 Å². The molecule has 23 heavy (non-hydrogen) atoms. The van der Waals surface area contributed by atoms with Crippen LogP contribution in [0.2, 0.25) is 0 Å². The summed E-state index contributed by atoms with van der Waals surface area (Å²) in [6.45, 7) is 4.50. The summed E-state index contributed by atoms with van der Waals surface area (Å²) in [5.41, 5.74) is 4.49. The minimum absolute atomic E-state index is 0.0601. The molecule has 114 valence electrons. The molecule has 4 rings (SSSR count). The molecule has 1 aliphatic heterocycles. The van der Waals surface area contributed by atoms with Gasteiger partial charge in [-0.1, -0.05) is 56.3 Å². The van der Waals surface area contributed by atoms with Crippen molar-refractivity contribution in [2.24, 2.45) is 0 Å². The molecule has 0 aromatic heterocycles. The first-order valence-corrected chi connectivity index (χ1v) is 7.88. The zero-order valence-corrected chi connectivity index (χ0v) is 13.3. The molecule has 0 spiro atoms. The Morgan fingerprint density at radius 1 is 0.696 bits per heavy atom. The molecule has 1 aliphatic rings. The number of benzene rings is 3. The molecule has 2 nitrogen and oxygen atoms in total. The fraction of sp³-hybridized carbons (Fsp3) is 0.143. The topological polar surface area (TPSA) is 21.3 Å². The first kappa shape index (κ1) is 13.9. The third-order valence-electron chi connectivity index (χ3n) is 4.50. The molecule has 0 radical (unpaired) electrons. The highest BCUT2D eigenvalue weighted by atomic mass is 16.5. The molecule has 1 N–H and O–H groups in total. The lowest BCUT2D eigenvalue weighted by atomic mass is 9.76. The molecule has 2 heteroatoms. The summed E-state index contributed by atoms with van der Waals surface area (Å²) in [6, 6.07) is 24.8. The fourth-order valence-corrected chi connectivity index (χ4v) is 3.22. The van der Waals surface area contributed by atoms with Crippen molar-refractivity contribution < 1.29 is 4.74 Å². The summed E-state index contributed by atoms with van der Waals surface area (Å²) < 4.78 is 6.15. The third-order valence-corrected chi connectivity index (χ3v) is 4.50. The van der Waals surface area contributed by atoms with Crippen molar-refractivity contribution in [2.45, 2.75) is 19.3 Å². The highest BCUT2D eigenvalue weighted by molar-refractivity contribution is 5.66. The second-order valence-corrected chi connectivity index (χ2v) is 6.43. The third kappa shape index (κ3) is 2.36. The number of hydrogen-bond acceptors (Lipinski definition) is 2. The molecule has 0 unspecified atom stereocenters. The molecule has 0 aliphatic carbocycles. The van der Waals surface area contributed by atoms with Crippen LogP contribution in [-0.4, -0.2) is 0 Å². The maximum Gasteiger partial charge on any atom is 0.133 e. The van der Waals surface area contributed by atoms with Gasteiger partial charge in [-0.05, 0) is 24.3 Å². The van der Waals surface area contributed by atoms with Crippen LogP contribution in [0.1, 0.15) is 25.0 Å². The van der Waals surface area contributed by atoms with Gasteiger partial charge >= 0.3 is 0 Å². The smallest absolute Gasteiger partial charge is 0.133 e. The van der Waals surface area contributed by atoms with Crippen LogP contribution in [0.15, 0.2) is 72.8 Å². The average Bonchev–Trinajstić information content (AvgIpc) is 2.56. The van der Waals surface area contributed by atoms with Gasteiger partial charge in [-0.2, -0.15) is 0 Å². The molecule has 0 bridgehead atoms. The van der Waals surface area contributed by atoms with Crippen LogP contribution >= 0.6 is 0 Å². The summed E-state index contributed by atoms with van der Waals surface area (Å²) in [7, 11) is 0. The van der Waals surface area contributed by atoms with Crippen LogP contribution in [-0.2, 0) is 5.41 Å². The summed E-state index contributed by atoms with van der Waals surface area (Å²) in [6.07, 6.45) is 0. The molecule has 0 atom stereocenters. The van der Waals surface area contributed by atoms with Gasteiger partial charge in [0.1, 0.15) is 11.5 Å². The molecular formula is C21H19NO. The van der Waals surface area contributed by atoms with Crippen LogP contribution in [0.4, 0.5) is 11.4 Å². The van der Waals surface area contributed by atoms with E-state index in [0.717, 1.165) is 22.9 Å². The maximum atomic E-state index is 6.15. The molecule has 0 saturated heterocycles. The molecule has 3 aromatic rings. The molecular weight excluding hydrogens is 282 g/mol. The molecule has 1 heterocycles. The van der Waals surface area contributed by atoms with E-state index in [9.17, 15) is 0 Å². The van der Waals surface area contributed by atoms with Crippen LogP contribution in [0.3, 0.4) is 0 Å². The SMILES string of the molecule is CC1(C)c2ccccc2Oc2cc(Nc3ccccc3)ccc21. The van der Waals surface area contributed by atoms with Crippen molar-refractivity contribution in [2.75, 3.05) is 5.32 Å². The molecule has 3 aromatic carbocycles. The molecule has 0 fully saturated rings. The Balaban J connectivity index is 1.74. The Morgan fingerprint density at radius 2 is 1.39 bits per heavy atom. The first-order valence-electron chi connectivity index (χ1n) is 7.88. The van der Waals surface area contributed by atoms with Gasteiger partial charge in [0.2, 0.25) is 0 Å². The lowest BCUT2D eigenvalue weighted by Crippen LogP contribution is -2.24. The van der Waals surface area contributed by atoms with Gasteiger partial charge in [0.25, 0.3) is 0 Å². The highest BCUT2D eigenvalue weighted by Gasteiger charge is 2.33. The zero-order chi connectivity index (χ0) is 15.9. The zero-order valence-electron chi connectivity index (χ0n) is 13.3. The van der Waals surface area contributed by atoms with Crippen LogP contribution in [0, 0.1) is 0 Å². The quantitative estimate of drug-likeness (QED) is 0.640. The standard InChI is InChI=1S/C21H19NO/c1-21(2)17-10-6-7-11-19(17)23-20-14-16(12-13-18(20)21)22-15-8-4-3-5-9-15/h3-14,22H,1-2H3. The van der Waals surface area contributed by atoms with Crippen molar-refractivity contribution in [3.8, 4) is 11.5 Å². The highest BCUT2D eigenvalue weighted by Crippen LogP contribution is 2.48. The average molecular weight is 301 g/mol. The predicted molar refractivity (Wildman–Crippen MR) is 94.8 cm³/mol. The van der Waals surface area contributed by atoms with E-state index in [0.29, 0.717) is 0 Å². The summed E-state index contributed by atoms with van der Waals surface area (Å²) in [5, 5.41) is 3.43. The van der Waals surface area contributed by atoms with E-state index in [1.807, 2.05) is 30.3 Å². The number of nitrogens with one attached hydrogen (secondary N) is 1. The Kier molecular flexibility index (Phi) is 3.12. The van der Waals surface area contributed by atoms with E-state index in [1.54, 1.807) is 0 Å². The number of fused-ring (bicyclic) bond motifs is 2. The summed E-state index contributed by atoms with van der Waals surface area (Å²) in [4.78, 5) is 0. The number of hydrogen-bond donors (Lipinski definition) is 1. The van der Waals surface area contributed by atoms with Crippen molar-refractivity contribution in [3.05, 3.63) is 83.9 Å². The van der Waals surface area contributed by atoms with Gasteiger partial charge in [0.05, 0.1) is 0 Å². The van der Waals surface area contributed by atoms with Gasteiger partial charge in [-0.3, -0.25) is 0 Å². The Morgan fingerprint density at radius 3 is 2.22 bits per heavy atom. The number of para-hydroxylation sites is 2. The Bertz CT molecular complexity index is 853. The lowest BCUT2D eigenvalue weighted by molar-refractivity contribution is 0.418. The minimum atomic E-state index is -0.0601. The van der Waals surface area contributed by atoms with Gasteiger partial charge in [0, 0.05) is 34.0 Å². The van der Waals surface area contributed by atoms with Crippen LogP contribution < -0.4 is 10.1 Å². The first-order chi connectivity index (χ1) is 11.1. The van der Waals surface area contributed by atoms with E-state index >= 15 is 0 Å². The Hall–Kier alpha value is -2.74. The predicted octanol–water partition coefficient (Wildman–Crippen LogP) is 5.86. The van der Waals surface area contributed by atoms with Gasteiger partial charge in [0.15, 0.2) is 0 Å². The number of ether oxygens (including phenoxy) is 1. The van der Waals surface area contributed by atoms with E-state index in [1.165, 1.54) is 11.1 Å². The summed E-state index contributed by atoms with van der Waals surface area (Å²) >= 11 is 0. The van der Waals surface area contributed by atoms with E-state index in [-0.39, 0.29) is 5.41 Å². The normalized spacial score (nSPS) is 14.3. The van der Waals surface area contributed by atoms with Crippen LogP contribution in [0.5, 0.6) is 11.5 Å². The van der Waals surface area contributed by atoms with Gasteiger partial charge < -0.3 is 10.1 Å². The number of rotatable bonds is 2.